The van der Waals surface area contributed by atoms with Gasteiger partial charge in [0.1, 0.15) is 0 Å². The van der Waals surface area contributed by atoms with Gasteiger partial charge >= 0.3 is 0 Å². The number of amides is 1. The summed E-state index contributed by atoms with van der Waals surface area (Å²) in [6.45, 7) is 7.88. The number of carbonyl (C=O) groups excluding carboxylic acids is 1. The first-order chi connectivity index (χ1) is 12.3. The molecule has 162 valence electrons. The van der Waals surface area contributed by atoms with E-state index >= 15 is 0 Å². The molecule has 2 N–H and O–H groups in total. The standard InChI is InChI=1S/C20H32N4O.3ClH/c25-20(17-21-16-18-8-9-18)22-10-4-5-11-23-12-14-24(15-13-23)19-6-2-1-3-7-19;;;/h1-3,6-7,18,21H,4-5,8-17H2,(H,22,25);3*1H. The maximum absolute atomic E-state index is 11.7. The molecule has 1 amide bonds. The fourth-order valence-electron chi connectivity index (χ4n) is 3.33. The van der Waals surface area contributed by atoms with E-state index in [0.717, 1.165) is 64.6 Å². The summed E-state index contributed by atoms with van der Waals surface area (Å²) in [5, 5.41) is 6.25. The maximum atomic E-state index is 11.7. The molecule has 0 atom stereocenters. The lowest BCUT2D eigenvalue weighted by Gasteiger charge is -2.36. The Balaban J connectivity index is 0.00000243. The first-order valence-electron chi connectivity index (χ1n) is 9.81. The van der Waals surface area contributed by atoms with Gasteiger partial charge in [0, 0.05) is 38.4 Å². The SMILES string of the molecule is Cl.Cl.Cl.O=C(CNCC1CC1)NCCCCN1CCN(c2ccccc2)CC1. The molecule has 1 aromatic carbocycles. The molecule has 3 rings (SSSR count). The van der Waals surface area contributed by atoms with E-state index in [9.17, 15) is 4.79 Å². The first kappa shape index (κ1) is 27.3. The summed E-state index contributed by atoms with van der Waals surface area (Å²) < 4.78 is 0. The third-order valence-corrected chi connectivity index (χ3v) is 5.13. The van der Waals surface area contributed by atoms with Gasteiger partial charge in [0.25, 0.3) is 0 Å². The Hall–Kier alpha value is -0.720. The number of carbonyl (C=O) groups is 1. The van der Waals surface area contributed by atoms with E-state index in [0.29, 0.717) is 6.54 Å². The number of hydrogen-bond donors (Lipinski definition) is 2. The number of halogens is 3. The number of rotatable bonds is 10. The monoisotopic (exact) mass is 452 g/mol. The maximum Gasteiger partial charge on any atom is 0.233 e. The lowest BCUT2D eigenvalue weighted by molar-refractivity contribution is -0.120. The number of anilines is 1. The minimum atomic E-state index is 0. The van der Waals surface area contributed by atoms with Crippen molar-refractivity contribution in [3.8, 4) is 0 Å². The van der Waals surface area contributed by atoms with E-state index in [-0.39, 0.29) is 43.1 Å². The molecule has 0 spiro atoms. The molecule has 1 saturated carbocycles. The Kier molecular flexibility index (Phi) is 14.8. The van der Waals surface area contributed by atoms with Gasteiger partial charge < -0.3 is 15.5 Å². The van der Waals surface area contributed by atoms with Crippen LogP contribution in [-0.2, 0) is 4.79 Å². The highest BCUT2D eigenvalue weighted by molar-refractivity contribution is 5.86. The molecule has 1 heterocycles. The van der Waals surface area contributed by atoms with E-state index in [4.69, 9.17) is 0 Å². The highest BCUT2D eigenvalue weighted by Gasteiger charge is 2.20. The summed E-state index contributed by atoms with van der Waals surface area (Å²) in [5.74, 6) is 0.965. The minimum absolute atomic E-state index is 0. The Bertz CT molecular complexity index is 523. The Labute approximate surface area is 188 Å². The zero-order chi connectivity index (χ0) is 17.3. The lowest BCUT2D eigenvalue weighted by atomic mass is 10.2. The minimum Gasteiger partial charge on any atom is -0.369 e. The third-order valence-electron chi connectivity index (χ3n) is 5.13. The molecule has 2 fully saturated rings. The predicted octanol–water partition coefficient (Wildman–Crippen LogP) is 2.97. The van der Waals surface area contributed by atoms with Crippen LogP contribution in [0.15, 0.2) is 30.3 Å². The summed E-state index contributed by atoms with van der Waals surface area (Å²) in [7, 11) is 0. The molecule has 28 heavy (non-hydrogen) atoms. The molecule has 1 aliphatic heterocycles. The van der Waals surface area contributed by atoms with Gasteiger partial charge in [-0.05, 0) is 56.8 Å². The van der Waals surface area contributed by atoms with Crippen molar-refractivity contribution >= 4 is 48.8 Å². The molecule has 5 nitrogen and oxygen atoms in total. The molecule has 1 saturated heterocycles. The van der Waals surface area contributed by atoms with Crippen LogP contribution in [0.4, 0.5) is 5.69 Å². The smallest absolute Gasteiger partial charge is 0.233 e. The van der Waals surface area contributed by atoms with Crippen LogP contribution in [0.25, 0.3) is 0 Å². The van der Waals surface area contributed by atoms with E-state index in [1.807, 2.05) is 0 Å². The topological polar surface area (TPSA) is 47.6 Å². The fraction of sp³-hybridized carbons (Fsp3) is 0.650. The van der Waals surface area contributed by atoms with Gasteiger partial charge in [0.15, 0.2) is 0 Å². The fourth-order valence-corrected chi connectivity index (χ4v) is 3.33. The summed E-state index contributed by atoms with van der Waals surface area (Å²) >= 11 is 0. The summed E-state index contributed by atoms with van der Waals surface area (Å²) in [5.41, 5.74) is 1.33. The van der Waals surface area contributed by atoms with Gasteiger partial charge in [-0.3, -0.25) is 9.69 Å². The summed E-state index contributed by atoms with van der Waals surface area (Å²) in [6, 6.07) is 10.7. The number of benzene rings is 1. The van der Waals surface area contributed by atoms with Crippen LogP contribution in [0.5, 0.6) is 0 Å². The van der Waals surface area contributed by atoms with Crippen LogP contribution < -0.4 is 15.5 Å². The molecule has 0 aromatic heterocycles. The molecule has 1 aromatic rings. The molecule has 8 heteroatoms. The third kappa shape index (κ3) is 10.2. The second-order valence-electron chi connectivity index (χ2n) is 7.30. The van der Waals surface area contributed by atoms with Crippen LogP contribution in [0.2, 0.25) is 0 Å². The Morgan fingerprint density at radius 3 is 2.29 bits per heavy atom. The number of unbranched alkanes of at least 4 members (excludes halogenated alkanes) is 1. The lowest BCUT2D eigenvalue weighted by Crippen LogP contribution is -2.46. The average molecular weight is 454 g/mol. The zero-order valence-electron chi connectivity index (χ0n) is 16.5. The second kappa shape index (κ2) is 15.2. The van der Waals surface area contributed by atoms with E-state index in [2.05, 4.69) is 50.8 Å². The van der Waals surface area contributed by atoms with Crippen molar-refractivity contribution < 1.29 is 4.79 Å². The number of hydrogen-bond acceptors (Lipinski definition) is 4. The number of para-hydroxylation sites is 1. The first-order valence-corrected chi connectivity index (χ1v) is 9.81. The molecular formula is C20H35Cl3N4O. The van der Waals surface area contributed by atoms with Crippen LogP contribution in [-0.4, -0.2) is 63.2 Å². The van der Waals surface area contributed by atoms with Crippen molar-refractivity contribution in [3.05, 3.63) is 30.3 Å². The molecule has 1 aliphatic carbocycles. The summed E-state index contributed by atoms with van der Waals surface area (Å²) in [6.07, 6.45) is 4.87. The number of nitrogens with zero attached hydrogens (tertiary/aromatic N) is 2. The molecular weight excluding hydrogens is 419 g/mol. The van der Waals surface area contributed by atoms with Gasteiger partial charge in [0.2, 0.25) is 5.91 Å². The molecule has 0 radical (unpaired) electrons. The van der Waals surface area contributed by atoms with Crippen LogP contribution >= 0.6 is 37.2 Å². The normalized spacial score (nSPS) is 16.4. The van der Waals surface area contributed by atoms with Crippen molar-refractivity contribution in [2.75, 3.05) is 57.3 Å². The van der Waals surface area contributed by atoms with Crippen molar-refractivity contribution in [2.45, 2.75) is 25.7 Å². The summed E-state index contributed by atoms with van der Waals surface area (Å²) in [4.78, 5) is 16.7. The highest BCUT2D eigenvalue weighted by atomic mass is 35.5. The quantitative estimate of drug-likeness (QED) is 0.535. The average Bonchev–Trinajstić information content (AvgIpc) is 3.47. The molecule has 0 unspecified atom stereocenters. The predicted molar refractivity (Wildman–Crippen MR) is 125 cm³/mol. The van der Waals surface area contributed by atoms with E-state index < -0.39 is 0 Å². The van der Waals surface area contributed by atoms with Crippen LogP contribution in [0, 0.1) is 5.92 Å². The number of piperazine rings is 1. The second-order valence-corrected chi connectivity index (χ2v) is 7.30. The highest BCUT2D eigenvalue weighted by Crippen LogP contribution is 2.27. The van der Waals surface area contributed by atoms with Crippen LogP contribution in [0.3, 0.4) is 0 Å². The number of nitrogens with one attached hydrogen (secondary N) is 2. The van der Waals surface area contributed by atoms with E-state index in [1.165, 1.54) is 18.5 Å². The van der Waals surface area contributed by atoms with Crippen molar-refractivity contribution in [2.24, 2.45) is 5.92 Å². The van der Waals surface area contributed by atoms with Gasteiger partial charge in [-0.1, -0.05) is 18.2 Å². The Morgan fingerprint density at radius 1 is 0.964 bits per heavy atom. The van der Waals surface area contributed by atoms with Crippen molar-refractivity contribution in [3.63, 3.8) is 0 Å². The van der Waals surface area contributed by atoms with E-state index in [1.54, 1.807) is 0 Å². The van der Waals surface area contributed by atoms with Crippen molar-refractivity contribution in [1.29, 1.82) is 0 Å². The Morgan fingerprint density at radius 2 is 1.64 bits per heavy atom. The van der Waals surface area contributed by atoms with Gasteiger partial charge in [0.05, 0.1) is 6.54 Å². The van der Waals surface area contributed by atoms with Gasteiger partial charge in [-0.25, -0.2) is 0 Å². The molecule has 0 bridgehead atoms. The van der Waals surface area contributed by atoms with Gasteiger partial charge in [-0.2, -0.15) is 0 Å². The van der Waals surface area contributed by atoms with Crippen molar-refractivity contribution in [1.82, 2.24) is 15.5 Å². The largest absolute Gasteiger partial charge is 0.369 e. The molecule has 2 aliphatic rings. The van der Waals surface area contributed by atoms with Crippen LogP contribution in [0.1, 0.15) is 25.7 Å². The zero-order valence-corrected chi connectivity index (χ0v) is 18.9. The van der Waals surface area contributed by atoms with Gasteiger partial charge in [-0.15, -0.1) is 37.2 Å².